The van der Waals surface area contributed by atoms with Gasteiger partial charge in [0.15, 0.2) is 11.2 Å². The van der Waals surface area contributed by atoms with Gasteiger partial charge in [0.1, 0.15) is 6.73 Å². The molecule has 0 spiro atoms. The standard InChI is InChI=1S/C17H29N5O4Si/c1-24-15-13-14(19-16(18)20-15)22(12-5-7-25-8-6-12)17(23)21(13)11-26-9-10-27(2,3)4/h12H,5-11H2,1-4H3,(H2,18,19,20). The fourth-order valence-electron chi connectivity index (χ4n) is 3.23. The van der Waals surface area contributed by atoms with Crippen molar-refractivity contribution in [1.82, 2.24) is 19.1 Å². The van der Waals surface area contributed by atoms with Crippen LogP contribution < -0.4 is 16.2 Å². The van der Waals surface area contributed by atoms with Gasteiger partial charge in [0.2, 0.25) is 11.8 Å². The molecule has 1 aliphatic heterocycles. The van der Waals surface area contributed by atoms with Gasteiger partial charge in [-0.2, -0.15) is 9.97 Å². The summed E-state index contributed by atoms with van der Waals surface area (Å²) in [5.41, 5.74) is 6.69. The first-order valence-corrected chi connectivity index (χ1v) is 13.0. The van der Waals surface area contributed by atoms with Gasteiger partial charge >= 0.3 is 5.69 Å². The van der Waals surface area contributed by atoms with Crippen LogP contribution in [-0.4, -0.2) is 54.1 Å². The fraction of sp³-hybridized carbons (Fsp3) is 0.706. The molecule has 0 bridgehead atoms. The summed E-state index contributed by atoms with van der Waals surface area (Å²) >= 11 is 0. The van der Waals surface area contributed by atoms with Crippen LogP contribution in [0.15, 0.2) is 4.79 Å². The number of hydrogen-bond donors (Lipinski definition) is 1. The normalized spacial score (nSPS) is 16.1. The maximum atomic E-state index is 13.2. The van der Waals surface area contributed by atoms with Crippen LogP contribution in [0.1, 0.15) is 18.9 Å². The van der Waals surface area contributed by atoms with Crippen molar-refractivity contribution in [1.29, 1.82) is 0 Å². The van der Waals surface area contributed by atoms with Crippen molar-refractivity contribution in [3.05, 3.63) is 10.5 Å². The highest BCUT2D eigenvalue weighted by atomic mass is 28.3. The third kappa shape index (κ3) is 4.33. The topological polar surface area (TPSA) is 106 Å². The van der Waals surface area contributed by atoms with Gasteiger partial charge < -0.3 is 19.9 Å². The van der Waals surface area contributed by atoms with Crippen LogP contribution in [0.3, 0.4) is 0 Å². The Kier molecular flexibility index (Phi) is 5.87. The molecule has 2 aromatic heterocycles. The lowest BCUT2D eigenvalue weighted by molar-refractivity contribution is 0.0669. The van der Waals surface area contributed by atoms with Crippen LogP contribution in [0.2, 0.25) is 25.7 Å². The summed E-state index contributed by atoms with van der Waals surface area (Å²) in [6.45, 7) is 8.86. The van der Waals surface area contributed by atoms with E-state index in [1.165, 1.54) is 7.11 Å². The Bertz CT molecular complexity index is 852. The summed E-state index contributed by atoms with van der Waals surface area (Å²) in [7, 11) is 0.301. The van der Waals surface area contributed by atoms with E-state index in [4.69, 9.17) is 19.9 Å². The number of nitrogens with zero attached hydrogens (tertiary/aromatic N) is 4. The van der Waals surface area contributed by atoms with Crippen LogP contribution in [0.4, 0.5) is 5.95 Å². The zero-order valence-corrected chi connectivity index (χ0v) is 17.5. The first-order chi connectivity index (χ1) is 12.8. The number of fused-ring (bicyclic) bond motifs is 1. The summed E-state index contributed by atoms with van der Waals surface area (Å²) in [5.74, 6) is 0.367. The van der Waals surface area contributed by atoms with Crippen molar-refractivity contribution < 1.29 is 14.2 Å². The molecular weight excluding hydrogens is 366 g/mol. The molecule has 0 atom stereocenters. The monoisotopic (exact) mass is 395 g/mol. The van der Waals surface area contributed by atoms with E-state index in [1.807, 2.05) is 0 Å². The van der Waals surface area contributed by atoms with E-state index in [0.717, 1.165) is 18.9 Å². The van der Waals surface area contributed by atoms with Gasteiger partial charge in [0.25, 0.3) is 0 Å². The quantitative estimate of drug-likeness (QED) is 0.563. The summed E-state index contributed by atoms with van der Waals surface area (Å²) in [4.78, 5) is 21.7. The van der Waals surface area contributed by atoms with Crippen molar-refractivity contribution in [2.75, 3.05) is 32.7 Å². The first kappa shape index (κ1) is 19.8. The highest BCUT2D eigenvalue weighted by molar-refractivity contribution is 6.76. The Morgan fingerprint density at radius 2 is 1.96 bits per heavy atom. The van der Waals surface area contributed by atoms with Crippen LogP contribution in [-0.2, 0) is 16.2 Å². The van der Waals surface area contributed by atoms with E-state index in [9.17, 15) is 4.79 Å². The summed E-state index contributed by atoms with van der Waals surface area (Å²) in [6.07, 6.45) is 1.50. The zero-order chi connectivity index (χ0) is 19.6. The van der Waals surface area contributed by atoms with E-state index in [2.05, 4.69) is 29.6 Å². The highest BCUT2D eigenvalue weighted by Gasteiger charge is 2.27. The average Bonchev–Trinajstić information content (AvgIpc) is 2.89. The van der Waals surface area contributed by atoms with Gasteiger partial charge in [-0.05, 0) is 18.9 Å². The van der Waals surface area contributed by atoms with Crippen molar-refractivity contribution in [3.8, 4) is 5.88 Å². The summed E-state index contributed by atoms with van der Waals surface area (Å²) in [6, 6.07) is 1.04. The van der Waals surface area contributed by atoms with Crippen molar-refractivity contribution >= 4 is 25.2 Å². The lowest BCUT2D eigenvalue weighted by Crippen LogP contribution is -2.31. The second kappa shape index (κ2) is 7.99. The van der Waals surface area contributed by atoms with Crippen molar-refractivity contribution in [2.45, 2.75) is 51.3 Å². The predicted octanol–water partition coefficient (Wildman–Crippen LogP) is 1.85. The molecule has 1 saturated heterocycles. The minimum absolute atomic E-state index is 0.0102. The number of methoxy groups -OCH3 is 1. The number of ether oxygens (including phenoxy) is 3. The zero-order valence-electron chi connectivity index (χ0n) is 16.5. The molecular formula is C17H29N5O4Si. The van der Waals surface area contributed by atoms with Crippen LogP contribution in [0, 0.1) is 0 Å². The molecule has 0 radical (unpaired) electrons. The van der Waals surface area contributed by atoms with E-state index < -0.39 is 8.07 Å². The van der Waals surface area contributed by atoms with Gasteiger partial charge in [0.05, 0.1) is 7.11 Å². The molecule has 9 nitrogen and oxygen atoms in total. The number of aromatic nitrogens is 4. The van der Waals surface area contributed by atoms with Crippen molar-refractivity contribution in [3.63, 3.8) is 0 Å². The molecule has 2 aromatic rings. The third-order valence-corrected chi connectivity index (χ3v) is 6.46. The van der Waals surface area contributed by atoms with Crippen LogP contribution in [0.5, 0.6) is 5.88 Å². The van der Waals surface area contributed by atoms with E-state index in [0.29, 0.717) is 31.0 Å². The molecule has 1 fully saturated rings. The molecule has 27 heavy (non-hydrogen) atoms. The Morgan fingerprint density at radius 1 is 1.26 bits per heavy atom. The molecule has 0 saturated carbocycles. The molecule has 3 heterocycles. The largest absolute Gasteiger partial charge is 0.479 e. The number of nitrogens with two attached hydrogens (primary N) is 1. The Balaban J connectivity index is 2.01. The fourth-order valence-corrected chi connectivity index (χ4v) is 3.98. The van der Waals surface area contributed by atoms with Gasteiger partial charge in [-0.3, -0.25) is 9.13 Å². The van der Waals surface area contributed by atoms with E-state index in [1.54, 1.807) is 9.13 Å². The highest BCUT2D eigenvalue weighted by Crippen LogP contribution is 2.28. The van der Waals surface area contributed by atoms with Crippen LogP contribution in [0.25, 0.3) is 11.2 Å². The smallest absolute Gasteiger partial charge is 0.332 e. The SMILES string of the molecule is COc1nc(N)nc2c1n(COCC[Si](C)(C)C)c(=O)n2C1CCOCC1. The Hall–Kier alpha value is -1.91. The number of anilines is 1. The molecule has 2 N–H and O–H groups in total. The van der Waals surface area contributed by atoms with Gasteiger partial charge in [0, 0.05) is 33.9 Å². The van der Waals surface area contributed by atoms with Gasteiger partial charge in [-0.1, -0.05) is 19.6 Å². The second-order valence-electron chi connectivity index (χ2n) is 8.04. The third-order valence-electron chi connectivity index (χ3n) is 4.75. The minimum atomic E-state index is -1.21. The number of imidazole rings is 1. The minimum Gasteiger partial charge on any atom is -0.479 e. The van der Waals surface area contributed by atoms with E-state index in [-0.39, 0.29) is 30.3 Å². The number of rotatable bonds is 7. The van der Waals surface area contributed by atoms with Crippen molar-refractivity contribution in [2.24, 2.45) is 0 Å². The maximum Gasteiger partial charge on any atom is 0.332 e. The molecule has 0 unspecified atom stereocenters. The molecule has 0 aromatic carbocycles. The lowest BCUT2D eigenvalue weighted by Gasteiger charge is -2.22. The molecule has 150 valence electrons. The molecule has 0 aliphatic carbocycles. The number of nitrogen functional groups attached to an aromatic ring is 1. The summed E-state index contributed by atoms with van der Waals surface area (Å²) < 4.78 is 19.9. The maximum absolute atomic E-state index is 13.2. The van der Waals surface area contributed by atoms with Gasteiger partial charge in [-0.15, -0.1) is 0 Å². The Morgan fingerprint density at radius 3 is 2.59 bits per heavy atom. The summed E-state index contributed by atoms with van der Waals surface area (Å²) in [5, 5.41) is 0. The molecule has 1 aliphatic rings. The van der Waals surface area contributed by atoms with E-state index >= 15 is 0 Å². The average molecular weight is 396 g/mol. The molecule has 0 amide bonds. The Labute approximate surface area is 159 Å². The van der Waals surface area contributed by atoms with Gasteiger partial charge in [-0.25, -0.2) is 4.79 Å². The number of hydrogen-bond acceptors (Lipinski definition) is 7. The second-order valence-corrected chi connectivity index (χ2v) is 13.7. The molecule has 10 heteroatoms. The lowest BCUT2D eigenvalue weighted by atomic mass is 10.1. The predicted molar refractivity (Wildman–Crippen MR) is 106 cm³/mol. The first-order valence-electron chi connectivity index (χ1n) is 9.29. The molecule has 3 rings (SSSR count). The van der Waals surface area contributed by atoms with Crippen LogP contribution >= 0.6 is 0 Å².